The van der Waals surface area contributed by atoms with Crippen molar-refractivity contribution in [1.82, 2.24) is 9.47 Å². The molecule has 0 bridgehead atoms. The van der Waals surface area contributed by atoms with Crippen LogP contribution < -0.4 is 25.1 Å². The maximum absolute atomic E-state index is 15.8. The smallest absolute Gasteiger partial charge is 0.326 e. The topological polar surface area (TPSA) is 154 Å². The van der Waals surface area contributed by atoms with E-state index < -0.39 is 28.1 Å². The number of halogens is 2. The molecule has 0 aliphatic carbocycles. The van der Waals surface area contributed by atoms with E-state index in [1.165, 1.54) is 24.5 Å². The molecule has 9 rings (SSSR count). The number of thioether (sulfide) groups is 1. The van der Waals surface area contributed by atoms with Crippen LogP contribution in [-0.2, 0) is 18.9 Å². The zero-order valence-corrected chi connectivity index (χ0v) is 44.8. The van der Waals surface area contributed by atoms with Crippen molar-refractivity contribution in [3.8, 4) is 22.4 Å². The third-order valence-corrected chi connectivity index (χ3v) is 19.2. The summed E-state index contributed by atoms with van der Waals surface area (Å²) in [6, 6.07) is 34.3. The van der Waals surface area contributed by atoms with Crippen LogP contribution in [0.3, 0.4) is 0 Å². The molecule has 19 heteroatoms. The van der Waals surface area contributed by atoms with Crippen LogP contribution in [0.2, 0.25) is 5.02 Å². The second-order valence-corrected chi connectivity index (χ2v) is 25.1. The molecule has 2 N–H and O–H groups in total. The van der Waals surface area contributed by atoms with Crippen LogP contribution >= 0.6 is 30.9 Å². The summed E-state index contributed by atoms with van der Waals surface area (Å²) in [6.45, 7) is 11.1. The Hall–Kier alpha value is -5.39. The summed E-state index contributed by atoms with van der Waals surface area (Å²) >= 11 is 7.96. The molecule has 2 atom stereocenters. The summed E-state index contributed by atoms with van der Waals surface area (Å²) in [5, 5.41) is 27.0. The first-order valence-corrected chi connectivity index (χ1v) is 29.6. The third kappa shape index (κ3) is 11.6. The number of nitrogens with one attached hydrogen (secondary N) is 1. The van der Waals surface area contributed by atoms with E-state index in [1.54, 1.807) is 47.6 Å². The maximum atomic E-state index is 15.8. The van der Waals surface area contributed by atoms with Crippen molar-refractivity contribution < 1.29 is 31.9 Å². The van der Waals surface area contributed by atoms with Gasteiger partial charge in [0.2, 0.25) is 0 Å². The second-order valence-electron chi connectivity index (χ2n) is 19.3. The van der Waals surface area contributed by atoms with Crippen LogP contribution in [0.25, 0.3) is 22.4 Å². The van der Waals surface area contributed by atoms with E-state index in [0.29, 0.717) is 83.1 Å². The second kappa shape index (κ2) is 22.2. The van der Waals surface area contributed by atoms with Gasteiger partial charge in [0.05, 0.1) is 40.1 Å². The number of likely N-dealkylation sites (tertiary alicyclic amines) is 1. The molecule has 0 unspecified atom stereocenters. The summed E-state index contributed by atoms with van der Waals surface area (Å²) in [5.41, 5.74) is 5.37. The third-order valence-electron chi connectivity index (χ3n) is 14.0. The van der Waals surface area contributed by atoms with Crippen LogP contribution in [0.15, 0.2) is 125 Å². The lowest BCUT2D eigenvalue weighted by Crippen LogP contribution is -2.46. The highest BCUT2D eigenvalue weighted by Crippen LogP contribution is 2.56. The summed E-state index contributed by atoms with van der Waals surface area (Å²) in [7, 11) is -7.50. The van der Waals surface area contributed by atoms with Gasteiger partial charge < -0.3 is 34.2 Å². The predicted molar refractivity (Wildman–Crippen MR) is 294 cm³/mol. The van der Waals surface area contributed by atoms with Gasteiger partial charge in [0, 0.05) is 114 Å². The van der Waals surface area contributed by atoms with Crippen molar-refractivity contribution in [3.05, 3.63) is 142 Å². The Kier molecular flexibility index (Phi) is 16.0. The lowest BCUT2D eigenvalue weighted by molar-refractivity contribution is -0.383. The van der Waals surface area contributed by atoms with Crippen LogP contribution in [0.5, 0.6) is 0 Å². The van der Waals surface area contributed by atoms with Gasteiger partial charge in [-0.25, -0.2) is 12.8 Å². The van der Waals surface area contributed by atoms with Crippen LogP contribution in [0.4, 0.5) is 32.8 Å². The molecule has 3 saturated heterocycles. The molecule has 4 heterocycles. The minimum atomic E-state index is -3.75. The van der Waals surface area contributed by atoms with Crippen LogP contribution in [0, 0.1) is 22.9 Å². The first kappa shape index (κ1) is 52.5. The molecule has 73 heavy (non-hydrogen) atoms. The normalized spacial score (nSPS) is 18.4. The van der Waals surface area contributed by atoms with Crippen LogP contribution in [0.1, 0.15) is 44.8 Å². The summed E-state index contributed by atoms with van der Waals surface area (Å²) in [5.74, 6) is 0.197. The van der Waals surface area contributed by atoms with Gasteiger partial charge >= 0.3 is 7.52 Å². The fourth-order valence-corrected chi connectivity index (χ4v) is 15.0. The number of benzene rings is 5. The van der Waals surface area contributed by atoms with Crippen molar-refractivity contribution in [2.24, 2.45) is 0 Å². The quantitative estimate of drug-likeness (QED) is 0.0386. The number of rotatable bonds is 17. The fraction of sp³-hybridized carbons (Fsp3) is 0.370. The minimum absolute atomic E-state index is 0.0974. The van der Waals surface area contributed by atoms with Gasteiger partial charge in [-0.15, -0.1) is 11.8 Å². The van der Waals surface area contributed by atoms with Crippen LogP contribution in [-0.4, -0.2) is 111 Å². The van der Waals surface area contributed by atoms with Gasteiger partial charge in [-0.3, -0.25) is 19.3 Å². The van der Waals surface area contributed by atoms with E-state index in [1.807, 2.05) is 91.2 Å². The number of nitro groups is 1. The van der Waals surface area contributed by atoms with Crippen molar-refractivity contribution in [2.45, 2.75) is 68.0 Å². The van der Waals surface area contributed by atoms with Crippen molar-refractivity contribution in [3.63, 3.8) is 0 Å². The fourth-order valence-electron chi connectivity index (χ4n) is 10.4. The standard InChI is InChI=1S/C54H62ClFN7O7PS2/c1-37(2)62-38(3)54(73(4,68)69)52(53(62)39-10-12-41(55)13-11-39)40-32-42(56)34-46(33-40)60-28-26-59(27-29-60)44-14-16-45(17-15-44)61-30-31-70-71(61,67)48-18-19-50(51(35-48)63(65)66)57-43(36-72-49-8-6-5-7-9-49)20-23-58-24-21-47(64)22-25-58/h5-19,32-35,37,43,47,57,64H,20-31,36H2,1-4H3/t43-,71-/m1/s1. The van der Waals surface area contributed by atoms with E-state index in [9.17, 15) is 28.2 Å². The van der Waals surface area contributed by atoms with E-state index in [-0.39, 0.29) is 40.7 Å². The highest BCUT2D eigenvalue weighted by Gasteiger charge is 2.41. The van der Waals surface area contributed by atoms with Crippen molar-refractivity contribution in [1.29, 1.82) is 0 Å². The predicted octanol–water partition coefficient (Wildman–Crippen LogP) is 10.9. The largest absolute Gasteiger partial charge is 0.393 e. The van der Waals surface area contributed by atoms with Crippen molar-refractivity contribution in [2.75, 3.05) is 90.8 Å². The molecule has 5 aromatic carbocycles. The molecule has 386 valence electrons. The average Bonchev–Trinajstić information content (AvgIpc) is 3.93. The SMILES string of the molecule is Cc1c(S(C)(=O)=O)c(-c2cc(F)cc(N3CCN(c4ccc(N5CCO[P@]5(=O)c5ccc(N[C@H](CCN6CCC(O)CC6)CSc6ccccc6)c([N+](=O)[O-])c5)cc4)CC3)c2)c(-c2ccc(Cl)cc2)n1C(C)C. The Balaban J connectivity index is 0.902. The number of piperidine rings is 1. The van der Waals surface area contributed by atoms with E-state index >= 15 is 4.39 Å². The molecule has 3 aliphatic rings. The minimum Gasteiger partial charge on any atom is -0.393 e. The zero-order chi connectivity index (χ0) is 51.6. The molecule has 0 radical (unpaired) electrons. The average molecular weight is 1070 g/mol. The first-order chi connectivity index (χ1) is 35.0. The molecule has 14 nitrogen and oxygen atoms in total. The van der Waals surface area contributed by atoms with Gasteiger partial charge in [-0.05, 0) is 130 Å². The number of sulfone groups is 1. The number of nitrogens with zero attached hydrogens (tertiary/aromatic N) is 6. The highest BCUT2D eigenvalue weighted by molar-refractivity contribution is 7.99. The first-order valence-electron chi connectivity index (χ1n) is 24.7. The maximum Gasteiger partial charge on any atom is 0.326 e. The monoisotopic (exact) mass is 1070 g/mol. The molecule has 6 aromatic rings. The van der Waals surface area contributed by atoms with E-state index in [4.69, 9.17) is 16.1 Å². The van der Waals surface area contributed by atoms with Gasteiger partial charge in [-0.2, -0.15) is 0 Å². The Morgan fingerprint density at radius 2 is 1.52 bits per heavy atom. The van der Waals surface area contributed by atoms with Crippen molar-refractivity contribution >= 4 is 74.5 Å². The summed E-state index contributed by atoms with van der Waals surface area (Å²) < 4.78 is 67.5. The molecule has 3 fully saturated rings. The molecular weight excluding hydrogens is 1010 g/mol. The lowest BCUT2D eigenvalue weighted by atomic mass is 9.99. The molecule has 3 aliphatic heterocycles. The Morgan fingerprint density at radius 3 is 2.16 bits per heavy atom. The number of hydrogen-bond donors (Lipinski definition) is 2. The molecule has 0 spiro atoms. The lowest BCUT2D eigenvalue weighted by Gasteiger charge is -2.37. The number of piperazine rings is 1. The Morgan fingerprint density at radius 1 is 0.863 bits per heavy atom. The van der Waals surface area contributed by atoms with E-state index in [0.717, 1.165) is 55.0 Å². The van der Waals surface area contributed by atoms with Gasteiger partial charge in [-0.1, -0.05) is 41.9 Å². The van der Waals surface area contributed by atoms with Gasteiger partial charge in [0.15, 0.2) is 9.84 Å². The number of aromatic nitrogens is 1. The Bertz CT molecular complexity index is 3100. The summed E-state index contributed by atoms with van der Waals surface area (Å²) in [6.07, 6.45) is 3.12. The highest BCUT2D eigenvalue weighted by atomic mass is 35.5. The van der Waals surface area contributed by atoms with E-state index in [2.05, 4.69) is 20.0 Å². The number of nitro benzene ring substituents is 1. The summed E-state index contributed by atoms with van der Waals surface area (Å²) in [4.78, 5) is 20.2. The Labute approximate surface area is 436 Å². The number of anilines is 4. The number of aliphatic hydroxyl groups excluding tert-OH is 1. The molecule has 0 amide bonds. The molecular formula is C54H62ClFN7O7PS2. The van der Waals surface area contributed by atoms with Gasteiger partial charge in [0.1, 0.15) is 11.5 Å². The molecule has 1 aromatic heterocycles. The molecule has 0 saturated carbocycles. The zero-order valence-electron chi connectivity index (χ0n) is 41.5. The number of hydrogen-bond acceptors (Lipinski definition) is 12. The van der Waals surface area contributed by atoms with Gasteiger partial charge in [0.25, 0.3) is 5.69 Å². The number of aliphatic hydroxyl groups is 1.